The van der Waals surface area contributed by atoms with Crippen molar-refractivity contribution >= 4 is 30.8 Å². The normalized spacial score (nSPS) is 18.7. The van der Waals surface area contributed by atoms with E-state index in [1.54, 1.807) is 4.90 Å². The molecule has 2 atom stereocenters. The van der Waals surface area contributed by atoms with E-state index in [0.717, 1.165) is 0 Å². The van der Waals surface area contributed by atoms with Crippen LogP contribution in [0.15, 0.2) is 60.7 Å². The maximum atomic E-state index is 13.1. The summed E-state index contributed by atoms with van der Waals surface area (Å²) in [5.41, 5.74) is -0.656. The van der Waals surface area contributed by atoms with E-state index in [9.17, 15) is 9.59 Å². The molecule has 0 aromatic heterocycles. The molecule has 0 spiro atoms. The molecule has 7 heteroatoms. The predicted octanol–water partition coefficient (Wildman–Crippen LogP) is 4.89. The van der Waals surface area contributed by atoms with Crippen molar-refractivity contribution in [1.29, 1.82) is 0 Å². The first-order valence-corrected chi connectivity index (χ1v) is 14.7. The molecule has 3 rings (SSSR count). The zero-order valence-electron chi connectivity index (χ0n) is 22.7. The molecule has 6 nitrogen and oxygen atoms in total. The summed E-state index contributed by atoms with van der Waals surface area (Å²) in [6.45, 7) is 12.7. The third-order valence-electron chi connectivity index (χ3n) is 6.77. The summed E-state index contributed by atoms with van der Waals surface area (Å²) in [5.74, 6) is -0.406. The molecule has 1 saturated heterocycles. The van der Waals surface area contributed by atoms with Crippen molar-refractivity contribution in [3.05, 3.63) is 60.7 Å². The molecule has 0 radical (unpaired) electrons. The van der Waals surface area contributed by atoms with Gasteiger partial charge in [0, 0.05) is 12.6 Å². The molecule has 2 aromatic rings. The monoisotopic (exact) mass is 511 g/mol. The summed E-state index contributed by atoms with van der Waals surface area (Å²) in [4.78, 5) is 27.2. The molecule has 1 aliphatic rings. The van der Waals surface area contributed by atoms with E-state index in [4.69, 9.17) is 13.9 Å². The molecule has 0 unspecified atom stereocenters. The molecule has 0 saturated carbocycles. The van der Waals surface area contributed by atoms with Crippen molar-refractivity contribution in [1.82, 2.24) is 4.90 Å². The van der Waals surface area contributed by atoms with Crippen LogP contribution in [0, 0.1) is 0 Å². The number of nitrogens with zero attached hydrogens (tertiary/aromatic N) is 1. The van der Waals surface area contributed by atoms with E-state index >= 15 is 0 Å². The van der Waals surface area contributed by atoms with E-state index in [2.05, 4.69) is 69.3 Å². The van der Waals surface area contributed by atoms with Crippen molar-refractivity contribution in [3.8, 4) is 0 Å². The van der Waals surface area contributed by atoms with Crippen molar-refractivity contribution in [3.63, 3.8) is 0 Å². The van der Waals surface area contributed by atoms with Gasteiger partial charge < -0.3 is 13.9 Å². The molecule has 0 bridgehead atoms. The Morgan fingerprint density at radius 3 is 1.86 bits per heavy atom. The Kier molecular flexibility index (Phi) is 8.67. The van der Waals surface area contributed by atoms with Gasteiger partial charge in [-0.15, -0.1) is 0 Å². The third-order valence-corrected chi connectivity index (χ3v) is 11.8. The van der Waals surface area contributed by atoms with Gasteiger partial charge in [-0.05, 0) is 55.4 Å². The number of methoxy groups -OCH3 is 1. The minimum atomic E-state index is -2.68. The van der Waals surface area contributed by atoms with Gasteiger partial charge in [0.2, 0.25) is 0 Å². The molecule has 2 aromatic carbocycles. The predicted molar refractivity (Wildman–Crippen MR) is 145 cm³/mol. The maximum absolute atomic E-state index is 13.1. The second-order valence-electron chi connectivity index (χ2n) is 11.5. The standard InChI is InChI=1S/C29H41NO5Si/c1-28(2,3)35-27(32)30-22(18-19-25(30)26(31)33-7)20-21-34-36(29(4,5)6,23-14-10-8-11-15-23)24-16-12-9-13-17-24/h8-17,22,25H,18-21H2,1-7H3/t22-,25+/m0/s1. The lowest BCUT2D eigenvalue weighted by molar-refractivity contribution is -0.146. The molecule has 1 heterocycles. The topological polar surface area (TPSA) is 65.1 Å². The van der Waals surface area contributed by atoms with Gasteiger partial charge in [-0.3, -0.25) is 4.90 Å². The first-order chi connectivity index (χ1) is 16.9. The zero-order valence-corrected chi connectivity index (χ0v) is 23.7. The first kappa shape index (κ1) is 27.9. The average molecular weight is 512 g/mol. The number of benzene rings is 2. The summed E-state index contributed by atoms with van der Waals surface area (Å²) in [7, 11) is -1.32. The van der Waals surface area contributed by atoms with Crippen molar-refractivity contribution in [2.75, 3.05) is 13.7 Å². The van der Waals surface area contributed by atoms with E-state index < -0.39 is 32.0 Å². The Balaban J connectivity index is 1.90. The lowest BCUT2D eigenvalue weighted by Gasteiger charge is -2.43. The Morgan fingerprint density at radius 2 is 1.42 bits per heavy atom. The fourth-order valence-corrected chi connectivity index (χ4v) is 9.81. The van der Waals surface area contributed by atoms with Crippen LogP contribution in [0.2, 0.25) is 5.04 Å². The molecule has 0 aliphatic carbocycles. The highest BCUT2D eigenvalue weighted by Crippen LogP contribution is 2.37. The SMILES string of the molecule is COC(=O)[C@H]1CC[C@@H](CCO[Si](c2ccccc2)(c2ccccc2)C(C)(C)C)N1C(=O)OC(C)(C)C. The Labute approximate surface area is 217 Å². The van der Waals surface area contributed by atoms with Gasteiger partial charge in [0.1, 0.15) is 11.6 Å². The quantitative estimate of drug-likeness (QED) is 0.391. The zero-order chi connectivity index (χ0) is 26.6. The molecule has 1 aliphatic heterocycles. The Bertz CT molecular complexity index is 974. The van der Waals surface area contributed by atoms with Crippen molar-refractivity contribution in [2.45, 2.75) is 83.5 Å². The van der Waals surface area contributed by atoms with Crippen LogP contribution in [0.5, 0.6) is 0 Å². The molecule has 1 fully saturated rings. The van der Waals surface area contributed by atoms with Gasteiger partial charge >= 0.3 is 12.1 Å². The van der Waals surface area contributed by atoms with Gasteiger partial charge in [-0.25, -0.2) is 9.59 Å². The second-order valence-corrected chi connectivity index (χ2v) is 15.8. The van der Waals surface area contributed by atoms with Crippen LogP contribution in [0.4, 0.5) is 4.79 Å². The van der Waals surface area contributed by atoms with Crippen LogP contribution in [0.1, 0.15) is 60.8 Å². The second kappa shape index (κ2) is 11.2. The van der Waals surface area contributed by atoms with E-state index in [1.807, 2.05) is 32.9 Å². The first-order valence-electron chi connectivity index (χ1n) is 12.7. The van der Waals surface area contributed by atoms with Crippen LogP contribution < -0.4 is 10.4 Å². The van der Waals surface area contributed by atoms with Crippen LogP contribution in [0.25, 0.3) is 0 Å². The van der Waals surface area contributed by atoms with Gasteiger partial charge in [-0.1, -0.05) is 81.4 Å². The highest BCUT2D eigenvalue weighted by molar-refractivity contribution is 6.99. The highest BCUT2D eigenvalue weighted by atomic mass is 28.4. The Morgan fingerprint density at radius 1 is 0.889 bits per heavy atom. The number of carbonyl (C=O) groups is 2. The average Bonchev–Trinajstić information content (AvgIpc) is 3.25. The largest absolute Gasteiger partial charge is 0.467 e. The number of rotatable bonds is 7. The summed E-state index contributed by atoms with van der Waals surface area (Å²) in [5, 5.41) is 2.29. The van der Waals surface area contributed by atoms with Crippen LogP contribution >= 0.6 is 0 Å². The smallest absolute Gasteiger partial charge is 0.411 e. The van der Waals surface area contributed by atoms with Gasteiger partial charge in [0.15, 0.2) is 0 Å². The minimum Gasteiger partial charge on any atom is -0.467 e. The maximum Gasteiger partial charge on any atom is 0.411 e. The lowest BCUT2D eigenvalue weighted by Crippen LogP contribution is -2.66. The molecule has 36 heavy (non-hydrogen) atoms. The fourth-order valence-electron chi connectivity index (χ4n) is 5.23. The summed E-state index contributed by atoms with van der Waals surface area (Å²) in [6, 6.07) is 20.2. The number of hydrogen-bond donors (Lipinski definition) is 0. The number of ether oxygens (including phenoxy) is 2. The van der Waals surface area contributed by atoms with E-state index in [-0.39, 0.29) is 11.1 Å². The molecular formula is C29H41NO5Si. The summed E-state index contributed by atoms with van der Waals surface area (Å²) in [6.07, 6.45) is 1.38. The van der Waals surface area contributed by atoms with Gasteiger partial charge in [0.25, 0.3) is 8.32 Å². The van der Waals surface area contributed by atoms with Crippen LogP contribution in [0.3, 0.4) is 0 Å². The molecule has 196 valence electrons. The van der Waals surface area contributed by atoms with Gasteiger partial charge in [0.05, 0.1) is 7.11 Å². The minimum absolute atomic E-state index is 0.134. The summed E-state index contributed by atoms with van der Waals surface area (Å²) < 4.78 is 17.7. The number of likely N-dealkylation sites (tertiary alicyclic amines) is 1. The van der Waals surface area contributed by atoms with Crippen LogP contribution in [-0.2, 0) is 18.7 Å². The number of amides is 1. The summed E-state index contributed by atoms with van der Waals surface area (Å²) >= 11 is 0. The fraction of sp³-hybridized carbons (Fsp3) is 0.517. The van der Waals surface area contributed by atoms with Gasteiger partial charge in [-0.2, -0.15) is 0 Å². The Hall–Kier alpha value is -2.64. The lowest BCUT2D eigenvalue weighted by atomic mass is 10.1. The third kappa shape index (κ3) is 6.01. The van der Waals surface area contributed by atoms with E-state index in [1.165, 1.54) is 17.5 Å². The number of hydrogen-bond acceptors (Lipinski definition) is 5. The molecule has 1 amide bonds. The van der Waals surface area contributed by atoms with E-state index in [0.29, 0.717) is 25.9 Å². The highest BCUT2D eigenvalue weighted by Gasteiger charge is 2.50. The molecular weight excluding hydrogens is 470 g/mol. The van der Waals surface area contributed by atoms with Crippen LogP contribution in [-0.4, -0.2) is 56.7 Å². The van der Waals surface area contributed by atoms with Crippen molar-refractivity contribution < 1.29 is 23.5 Å². The number of carbonyl (C=O) groups excluding carboxylic acids is 2. The van der Waals surface area contributed by atoms with Crippen molar-refractivity contribution in [2.24, 2.45) is 0 Å². The molecule has 0 N–H and O–H groups in total. The number of esters is 1.